The number of amides is 1. The standard InChI is InChI=1S/C17H18N2O5S2/c20-16(18-14(17(21)22)9-11-6-7-11)12-3-1-4-13(10-12)19-26(23,24)15-5-2-8-25-15/h1-5,8,10-11,14,19H,6-7,9H2,(H,18,20)(H,21,22). The summed E-state index contributed by atoms with van der Waals surface area (Å²) in [6.07, 6.45) is 2.38. The van der Waals surface area contributed by atoms with Crippen molar-refractivity contribution in [3.8, 4) is 0 Å². The summed E-state index contributed by atoms with van der Waals surface area (Å²) in [5.41, 5.74) is 0.429. The van der Waals surface area contributed by atoms with Crippen LogP contribution >= 0.6 is 11.3 Å². The topological polar surface area (TPSA) is 113 Å². The average Bonchev–Trinajstić information content (AvgIpc) is 3.22. The van der Waals surface area contributed by atoms with E-state index in [9.17, 15) is 23.1 Å². The molecular formula is C17H18N2O5S2. The lowest BCUT2D eigenvalue weighted by atomic mass is 10.1. The maximum absolute atomic E-state index is 12.4. The number of anilines is 1. The van der Waals surface area contributed by atoms with Gasteiger partial charge >= 0.3 is 5.97 Å². The molecule has 1 saturated carbocycles. The molecule has 1 aliphatic rings. The van der Waals surface area contributed by atoms with E-state index in [1.165, 1.54) is 30.3 Å². The molecule has 1 fully saturated rings. The van der Waals surface area contributed by atoms with Crippen LogP contribution in [-0.4, -0.2) is 31.4 Å². The fourth-order valence-corrected chi connectivity index (χ4v) is 4.54. The fourth-order valence-electron chi connectivity index (χ4n) is 2.50. The molecule has 138 valence electrons. The fraction of sp³-hybridized carbons (Fsp3) is 0.294. The Bertz CT molecular complexity index is 905. The maximum atomic E-state index is 12.4. The van der Waals surface area contributed by atoms with E-state index in [-0.39, 0.29) is 15.5 Å². The van der Waals surface area contributed by atoms with Crippen LogP contribution in [0.4, 0.5) is 5.69 Å². The van der Waals surface area contributed by atoms with Gasteiger partial charge in [-0.2, -0.15) is 0 Å². The normalized spacial score (nSPS) is 15.2. The molecule has 3 N–H and O–H groups in total. The van der Waals surface area contributed by atoms with Gasteiger partial charge in [0.1, 0.15) is 10.3 Å². The van der Waals surface area contributed by atoms with Crippen LogP contribution in [0.5, 0.6) is 0 Å². The van der Waals surface area contributed by atoms with Crippen molar-refractivity contribution in [1.82, 2.24) is 5.32 Å². The van der Waals surface area contributed by atoms with Crippen molar-refractivity contribution in [3.63, 3.8) is 0 Å². The van der Waals surface area contributed by atoms with Gasteiger partial charge in [0.15, 0.2) is 0 Å². The molecule has 26 heavy (non-hydrogen) atoms. The highest BCUT2D eigenvalue weighted by molar-refractivity contribution is 7.94. The lowest BCUT2D eigenvalue weighted by Gasteiger charge is -2.14. The highest BCUT2D eigenvalue weighted by Gasteiger charge is 2.30. The van der Waals surface area contributed by atoms with Gasteiger partial charge in [-0.25, -0.2) is 13.2 Å². The molecular weight excluding hydrogens is 376 g/mol. The van der Waals surface area contributed by atoms with Crippen LogP contribution < -0.4 is 10.0 Å². The first-order valence-electron chi connectivity index (χ1n) is 8.05. The molecule has 1 aromatic heterocycles. The summed E-state index contributed by atoms with van der Waals surface area (Å²) >= 11 is 1.09. The van der Waals surface area contributed by atoms with E-state index in [2.05, 4.69) is 10.0 Å². The van der Waals surface area contributed by atoms with E-state index >= 15 is 0 Å². The number of sulfonamides is 1. The van der Waals surface area contributed by atoms with Gasteiger partial charge in [0.25, 0.3) is 15.9 Å². The molecule has 3 rings (SSSR count). The number of rotatable bonds is 8. The highest BCUT2D eigenvalue weighted by Crippen LogP contribution is 2.33. The summed E-state index contributed by atoms with van der Waals surface area (Å²) in [4.78, 5) is 23.7. The Balaban J connectivity index is 1.71. The first-order valence-corrected chi connectivity index (χ1v) is 10.4. The van der Waals surface area contributed by atoms with E-state index in [1.54, 1.807) is 11.4 Å². The summed E-state index contributed by atoms with van der Waals surface area (Å²) in [6, 6.07) is 8.14. The maximum Gasteiger partial charge on any atom is 0.326 e. The first kappa shape index (κ1) is 18.4. The highest BCUT2D eigenvalue weighted by atomic mass is 32.2. The minimum atomic E-state index is -3.71. The molecule has 0 spiro atoms. The van der Waals surface area contributed by atoms with Gasteiger partial charge in [0, 0.05) is 11.3 Å². The Kier molecular flexibility index (Phi) is 5.28. The van der Waals surface area contributed by atoms with E-state index in [4.69, 9.17) is 0 Å². The van der Waals surface area contributed by atoms with Crippen LogP contribution in [0.25, 0.3) is 0 Å². The SMILES string of the molecule is O=C(NC(CC1CC1)C(=O)O)c1cccc(NS(=O)(=O)c2cccs2)c1. The quantitative estimate of drug-likeness (QED) is 0.637. The van der Waals surface area contributed by atoms with Crippen molar-refractivity contribution in [2.24, 2.45) is 5.92 Å². The number of carboxylic acid groups (broad SMARTS) is 1. The minimum Gasteiger partial charge on any atom is -0.480 e. The predicted octanol–water partition coefficient (Wildman–Crippen LogP) is 2.53. The number of benzene rings is 1. The zero-order valence-electron chi connectivity index (χ0n) is 13.7. The molecule has 7 nitrogen and oxygen atoms in total. The molecule has 1 amide bonds. The van der Waals surface area contributed by atoms with Gasteiger partial charge in [-0.05, 0) is 42.0 Å². The molecule has 0 radical (unpaired) electrons. The third-order valence-corrected chi connectivity index (χ3v) is 6.79. The summed E-state index contributed by atoms with van der Waals surface area (Å²) in [7, 11) is -3.71. The smallest absolute Gasteiger partial charge is 0.326 e. The van der Waals surface area contributed by atoms with Crippen molar-refractivity contribution >= 4 is 38.9 Å². The second kappa shape index (κ2) is 7.46. The van der Waals surface area contributed by atoms with E-state index in [1.807, 2.05) is 0 Å². The van der Waals surface area contributed by atoms with Crippen LogP contribution in [0.15, 0.2) is 46.0 Å². The number of carboxylic acids is 1. The van der Waals surface area contributed by atoms with Crippen molar-refractivity contribution in [1.29, 1.82) is 0 Å². The monoisotopic (exact) mass is 394 g/mol. The van der Waals surface area contributed by atoms with Crippen molar-refractivity contribution < 1.29 is 23.1 Å². The Morgan fingerprint density at radius 1 is 1.23 bits per heavy atom. The van der Waals surface area contributed by atoms with Gasteiger partial charge in [-0.3, -0.25) is 9.52 Å². The molecule has 0 aliphatic heterocycles. The van der Waals surface area contributed by atoms with Crippen LogP contribution in [0.1, 0.15) is 29.6 Å². The Hall–Kier alpha value is -2.39. The third-order valence-electron chi connectivity index (χ3n) is 4.01. The molecule has 9 heteroatoms. The zero-order chi connectivity index (χ0) is 18.7. The largest absolute Gasteiger partial charge is 0.480 e. The van der Waals surface area contributed by atoms with Gasteiger partial charge in [0.05, 0.1) is 0 Å². The Morgan fingerprint density at radius 2 is 2.00 bits per heavy atom. The number of hydrogen-bond donors (Lipinski definition) is 3. The lowest BCUT2D eigenvalue weighted by Crippen LogP contribution is -2.41. The van der Waals surface area contributed by atoms with E-state index in [0.29, 0.717) is 12.3 Å². The zero-order valence-corrected chi connectivity index (χ0v) is 15.3. The first-order chi connectivity index (χ1) is 12.3. The molecule has 1 unspecified atom stereocenters. The summed E-state index contributed by atoms with van der Waals surface area (Å²) in [6.45, 7) is 0. The molecule has 0 bridgehead atoms. The number of aliphatic carboxylic acids is 1. The number of carbonyl (C=O) groups is 2. The van der Waals surface area contributed by atoms with Gasteiger partial charge in [0.2, 0.25) is 0 Å². The summed E-state index contributed by atoms with van der Waals surface area (Å²) in [5, 5.41) is 13.4. The van der Waals surface area contributed by atoms with Crippen LogP contribution in [0.2, 0.25) is 0 Å². The van der Waals surface area contributed by atoms with Gasteiger partial charge < -0.3 is 10.4 Å². The number of carbonyl (C=O) groups excluding carboxylic acids is 1. The molecule has 0 saturated heterocycles. The molecule has 2 aromatic rings. The average molecular weight is 394 g/mol. The third kappa shape index (κ3) is 4.61. The van der Waals surface area contributed by atoms with Crippen LogP contribution in [0, 0.1) is 5.92 Å². The molecule has 1 heterocycles. The molecule has 1 atom stereocenters. The van der Waals surface area contributed by atoms with Crippen LogP contribution in [-0.2, 0) is 14.8 Å². The molecule has 1 aromatic carbocycles. The number of thiophene rings is 1. The molecule has 1 aliphatic carbocycles. The van der Waals surface area contributed by atoms with Gasteiger partial charge in [-0.1, -0.05) is 25.0 Å². The van der Waals surface area contributed by atoms with Crippen molar-refractivity contribution in [3.05, 3.63) is 47.3 Å². The number of nitrogens with one attached hydrogen (secondary N) is 2. The van der Waals surface area contributed by atoms with Crippen molar-refractivity contribution in [2.45, 2.75) is 29.5 Å². The second-order valence-corrected chi connectivity index (χ2v) is 9.02. The van der Waals surface area contributed by atoms with Crippen molar-refractivity contribution in [2.75, 3.05) is 4.72 Å². The lowest BCUT2D eigenvalue weighted by molar-refractivity contribution is -0.139. The van der Waals surface area contributed by atoms with E-state index in [0.717, 1.165) is 24.2 Å². The summed E-state index contributed by atoms with van der Waals surface area (Å²) in [5.74, 6) is -1.27. The Morgan fingerprint density at radius 3 is 2.62 bits per heavy atom. The minimum absolute atomic E-state index is 0.169. The summed E-state index contributed by atoms with van der Waals surface area (Å²) < 4.78 is 27.1. The van der Waals surface area contributed by atoms with Crippen LogP contribution in [0.3, 0.4) is 0 Å². The predicted molar refractivity (Wildman–Crippen MR) is 97.8 cm³/mol. The number of hydrogen-bond acceptors (Lipinski definition) is 5. The van der Waals surface area contributed by atoms with Gasteiger partial charge in [-0.15, -0.1) is 11.3 Å². The second-order valence-electron chi connectivity index (χ2n) is 6.16. The van der Waals surface area contributed by atoms with E-state index < -0.39 is 27.9 Å². The Labute approximate surface area is 155 Å².